The topological polar surface area (TPSA) is 52.1 Å². The molecule has 2 N–H and O–H groups in total. The van der Waals surface area contributed by atoms with Crippen LogP contribution in [0.1, 0.15) is 36.6 Å². The average molecular weight is 536 g/mol. The number of aryl methyl sites for hydroxylation is 1. The summed E-state index contributed by atoms with van der Waals surface area (Å²) in [5.41, 5.74) is 0. The molecule has 2 aliphatic heterocycles. The van der Waals surface area contributed by atoms with Gasteiger partial charge in [-0.1, -0.05) is 6.92 Å². The largest absolute Gasteiger partial charge is 0.379 e. The van der Waals surface area contributed by atoms with E-state index in [0.29, 0.717) is 24.0 Å². The third-order valence-electron chi connectivity index (χ3n) is 5.96. The van der Waals surface area contributed by atoms with Gasteiger partial charge in [0.25, 0.3) is 0 Å². The van der Waals surface area contributed by atoms with Crippen LogP contribution in [-0.2, 0) is 4.74 Å². The number of hydrogen-bond donors (Lipinski definition) is 2. The molecule has 3 rings (SSSR count). The third-order valence-corrected chi connectivity index (χ3v) is 7.06. The summed E-state index contributed by atoms with van der Waals surface area (Å²) in [5.74, 6) is 1.53. The van der Waals surface area contributed by atoms with Gasteiger partial charge in [0.05, 0.1) is 19.3 Å². The van der Waals surface area contributed by atoms with Crippen LogP contribution < -0.4 is 10.6 Å². The fourth-order valence-electron chi connectivity index (χ4n) is 4.11. The quantitative estimate of drug-likeness (QED) is 0.334. The Balaban J connectivity index is 0.00000300. The fourth-order valence-corrected chi connectivity index (χ4v) is 5.12. The number of hydrogen-bond acceptors (Lipinski definition) is 5. The minimum Gasteiger partial charge on any atom is -0.379 e. The summed E-state index contributed by atoms with van der Waals surface area (Å²) in [6, 6.07) is 5.89. The highest BCUT2D eigenvalue weighted by molar-refractivity contribution is 14.0. The minimum atomic E-state index is 0. The normalized spacial score (nSPS) is 25.1. The van der Waals surface area contributed by atoms with E-state index >= 15 is 0 Å². The number of morpholine rings is 1. The monoisotopic (exact) mass is 535 g/mol. The summed E-state index contributed by atoms with van der Waals surface area (Å²) < 4.78 is 5.57. The predicted molar refractivity (Wildman–Crippen MR) is 134 cm³/mol. The summed E-state index contributed by atoms with van der Waals surface area (Å²) in [6.45, 7) is 15.8. The number of guanidine groups is 1. The zero-order chi connectivity index (χ0) is 20.1. The van der Waals surface area contributed by atoms with Crippen molar-refractivity contribution in [2.75, 3.05) is 53.0 Å². The second kappa shape index (κ2) is 11.8. The highest BCUT2D eigenvalue weighted by Crippen LogP contribution is 2.28. The smallest absolute Gasteiger partial charge is 0.191 e. The maximum atomic E-state index is 5.57. The lowest BCUT2D eigenvalue weighted by atomic mass is 10.1. The van der Waals surface area contributed by atoms with Gasteiger partial charge in [-0.15, -0.1) is 35.3 Å². The van der Waals surface area contributed by atoms with Gasteiger partial charge in [-0.25, -0.2) is 0 Å². The van der Waals surface area contributed by atoms with Gasteiger partial charge in [0.1, 0.15) is 0 Å². The van der Waals surface area contributed by atoms with Gasteiger partial charge in [0.2, 0.25) is 0 Å². The number of ether oxygens (including phenoxy) is 1. The lowest BCUT2D eigenvalue weighted by Crippen LogP contribution is -2.50. The van der Waals surface area contributed by atoms with Crippen molar-refractivity contribution in [1.82, 2.24) is 20.4 Å². The first-order valence-electron chi connectivity index (χ1n) is 10.6. The maximum Gasteiger partial charge on any atom is 0.191 e. The molecule has 2 fully saturated rings. The van der Waals surface area contributed by atoms with E-state index in [1.54, 1.807) is 0 Å². The molecule has 0 saturated carbocycles. The van der Waals surface area contributed by atoms with E-state index in [4.69, 9.17) is 4.74 Å². The molecule has 29 heavy (non-hydrogen) atoms. The van der Waals surface area contributed by atoms with Crippen LogP contribution in [0, 0.1) is 12.8 Å². The van der Waals surface area contributed by atoms with Crippen molar-refractivity contribution in [2.45, 2.75) is 45.8 Å². The molecule has 2 saturated heterocycles. The van der Waals surface area contributed by atoms with Crippen LogP contribution in [0.4, 0.5) is 0 Å². The molecule has 1 aromatic rings. The SMILES string of the molecule is CN=C(NCC(c1ccc(C)s1)N1CCOCC1)NC1CN(C(C)C)CC1C.I. The van der Waals surface area contributed by atoms with E-state index in [0.717, 1.165) is 51.9 Å². The molecule has 3 atom stereocenters. The van der Waals surface area contributed by atoms with Crippen LogP contribution in [0.15, 0.2) is 17.1 Å². The van der Waals surface area contributed by atoms with Crippen LogP contribution in [0.25, 0.3) is 0 Å². The Kier molecular flexibility index (Phi) is 10.1. The lowest BCUT2D eigenvalue weighted by molar-refractivity contribution is 0.0177. The Morgan fingerprint density at radius 3 is 2.52 bits per heavy atom. The van der Waals surface area contributed by atoms with Crippen molar-refractivity contribution in [1.29, 1.82) is 0 Å². The van der Waals surface area contributed by atoms with Crippen LogP contribution in [0.3, 0.4) is 0 Å². The van der Waals surface area contributed by atoms with Gasteiger partial charge < -0.3 is 15.4 Å². The van der Waals surface area contributed by atoms with E-state index in [9.17, 15) is 0 Å². The zero-order valence-corrected chi connectivity index (χ0v) is 21.6. The minimum absolute atomic E-state index is 0. The van der Waals surface area contributed by atoms with Crippen LogP contribution in [-0.4, -0.2) is 80.8 Å². The molecule has 3 heterocycles. The Morgan fingerprint density at radius 1 is 1.24 bits per heavy atom. The van der Waals surface area contributed by atoms with Gasteiger partial charge >= 0.3 is 0 Å². The number of nitrogens with zero attached hydrogens (tertiary/aromatic N) is 3. The summed E-state index contributed by atoms with van der Waals surface area (Å²) >= 11 is 1.90. The molecular formula is C21H38IN5OS. The fraction of sp³-hybridized carbons (Fsp3) is 0.762. The van der Waals surface area contributed by atoms with Gasteiger partial charge in [-0.2, -0.15) is 0 Å². The highest BCUT2D eigenvalue weighted by Gasteiger charge is 2.31. The van der Waals surface area contributed by atoms with E-state index in [-0.39, 0.29) is 24.0 Å². The lowest BCUT2D eigenvalue weighted by Gasteiger charge is -2.34. The molecular weight excluding hydrogens is 497 g/mol. The average Bonchev–Trinajstić information content (AvgIpc) is 3.28. The van der Waals surface area contributed by atoms with E-state index < -0.39 is 0 Å². The van der Waals surface area contributed by atoms with E-state index in [1.807, 2.05) is 18.4 Å². The molecule has 0 aliphatic carbocycles. The highest BCUT2D eigenvalue weighted by atomic mass is 127. The van der Waals surface area contributed by atoms with Gasteiger partial charge in [-0.05, 0) is 38.8 Å². The molecule has 8 heteroatoms. The predicted octanol–water partition coefficient (Wildman–Crippen LogP) is 2.94. The number of rotatable bonds is 6. The number of nitrogens with one attached hydrogen (secondary N) is 2. The third kappa shape index (κ3) is 6.78. The van der Waals surface area contributed by atoms with Crippen molar-refractivity contribution < 1.29 is 4.74 Å². The first-order valence-corrected chi connectivity index (χ1v) is 11.4. The molecule has 2 aliphatic rings. The van der Waals surface area contributed by atoms with Crippen molar-refractivity contribution in [3.05, 3.63) is 21.9 Å². The number of thiophene rings is 1. The Bertz CT molecular complexity index is 647. The molecule has 0 radical (unpaired) electrons. The van der Waals surface area contributed by atoms with Crippen molar-refractivity contribution in [2.24, 2.45) is 10.9 Å². The molecule has 0 aromatic carbocycles. The van der Waals surface area contributed by atoms with Gasteiger partial charge in [0, 0.05) is 61.6 Å². The second-order valence-electron chi connectivity index (χ2n) is 8.34. The molecule has 0 spiro atoms. The molecule has 1 aromatic heterocycles. The van der Waals surface area contributed by atoms with Crippen molar-refractivity contribution in [3.63, 3.8) is 0 Å². The summed E-state index contributed by atoms with van der Waals surface area (Å²) in [7, 11) is 1.87. The molecule has 166 valence electrons. The number of halogens is 1. The summed E-state index contributed by atoms with van der Waals surface area (Å²) in [6.07, 6.45) is 0. The van der Waals surface area contributed by atoms with Crippen LogP contribution in [0.2, 0.25) is 0 Å². The first-order chi connectivity index (χ1) is 13.5. The molecule has 0 bridgehead atoms. The van der Waals surface area contributed by atoms with Crippen molar-refractivity contribution >= 4 is 41.3 Å². The van der Waals surface area contributed by atoms with Gasteiger partial charge in [-0.3, -0.25) is 14.8 Å². The standard InChI is InChI=1S/C21H37N5OS.HI/c1-15(2)26-13-16(3)18(14-26)24-21(22-5)23-12-19(20-7-6-17(4)28-20)25-8-10-27-11-9-25;/h6-7,15-16,18-19H,8-14H2,1-5H3,(H2,22,23,24);1H. The van der Waals surface area contributed by atoms with E-state index in [1.165, 1.54) is 9.75 Å². The zero-order valence-electron chi connectivity index (χ0n) is 18.5. The molecule has 0 amide bonds. The maximum absolute atomic E-state index is 5.57. The summed E-state index contributed by atoms with van der Waals surface area (Å²) in [4.78, 5) is 12.4. The van der Waals surface area contributed by atoms with Crippen LogP contribution >= 0.6 is 35.3 Å². The Morgan fingerprint density at radius 2 is 1.97 bits per heavy atom. The molecule has 6 nitrogen and oxygen atoms in total. The number of aliphatic imine (C=N–C) groups is 1. The Labute approximate surface area is 197 Å². The Hall–Kier alpha value is -0.420. The number of likely N-dealkylation sites (tertiary alicyclic amines) is 1. The summed E-state index contributed by atoms with van der Waals surface area (Å²) in [5, 5.41) is 7.28. The molecule has 3 unspecified atom stereocenters. The van der Waals surface area contributed by atoms with Gasteiger partial charge in [0.15, 0.2) is 5.96 Å². The first kappa shape index (κ1) is 24.8. The van der Waals surface area contributed by atoms with E-state index in [2.05, 4.69) is 65.3 Å². The van der Waals surface area contributed by atoms with Crippen molar-refractivity contribution in [3.8, 4) is 0 Å². The van der Waals surface area contributed by atoms with Crippen LogP contribution in [0.5, 0.6) is 0 Å². The second-order valence-corrected chi connectivity index (χ2v) is 9.66.